The second-order valence-corrected chi connectivity index (χ2v) is 6.36. The van der Waals surface area contributed by atoms with E-state index in [1.54, 1.807) is 12.1 Å². The number of carbonyl (C=O) groups is 2. The highest BCUT2D eigenvalue weighted by molar-refractivity contribution is 5.97. The second-order valence-electron chi connectivity index (χ2n) is 6.36. The van der Waals surface area contributed by atoms with Crippen molar-refractivity contribution < 1.29 is 32.3 Å². The molecule has 0 spiro atoms. The van der Waals surface area contributed by atoms with Crippen LogP contribution in [0.5, 0.6) is 5.75 Å². The summed E-state index contributed by atoms with van der Waals surface area (Å²) in [6, 6.07) is 7.08. The van der Waals surface area contributed by atoms with Crippen molar-refractivity contribution in [2.75, 3.05) is 14.2 Å². The Balaban J connectivity index is 1.95. The maximum atomic E-state index is 13.4. The number of esters is 1. The van der Waals surface area contributed by atoms with Gasteiger partial charge in [-0.25, -0.2) is 18.4 Å². The molecule has 7 nitrogen and oxygen atoms in total. The fourth-order valence-electron chi connectivity index (χ4n) is 2.99. The first kappa shape index (κ1) is 21.0. The summed E-state index contributed by atoms with van der Waals surface area (Å²) in [4.78, 5) is 36.6. The number of nitrogens with one attached hydrogen (secondary N) is 1. The fraction of sp³-hybridized carbons (Fsp3) is 0.190. The number of halogens is 2. The first-order valence-corrected chi connectivity index (χ1v) is 8.76. The molecule has 9 heteroatoms. The van der Waals surface area contributed by atoms with Gasteiger partial charge in [0.25, 0.3) is 5.91 Å². The number of fused-ring (bicyclic) bond motifs is 1. The molecule has 0 saturated carbocycles. The second kappa shape index (κ2) is 8.73. The number of methoxy groups -OCH3 is 2. The molecule has 0 aliphatic rings. The van der Waals surface area contributed by atoms with Crippen LogP contribution < -0.4 is 15.7 Å². The monoisotopic (exact) mass is 417 g/mol. The van der Waals surface area contributed by atoms with Gasteiger partial charge in [-0.15, -0.1) is 0 Å². The number of carbonyl (C=O) groups excluding carboxylic acids is 2. The van der Waals surface area contributed by atoms with Crippen LogP contribution in [-0.2, 0) is 16.0 Å². The maximum absolute atomic E-state index is 13.4. The molecule has 156 valence electrons. The van der Waals surface area contributed by atoms with Crippen LogP contribution in [0.3, 0.4) is 0 Å². The van der Waals surface area contributed by atoms with Crippen LogP contribution in [0, 0.1) is 11.6 Å². The lowest BCUT2D eigenvalue weighted by Crippen LogP contribution is -2.43. The third kappa shape index (κ3) is 4.62. The van der Waals surface area contributed by atoms with Gasteiger partial charge in [0.15, 0.2) is 0 Å². The van der Waals surface area contributed by atoms with E-state index in [0.29, 0.717) is 22.8 Å². The highest BCUT2D eigenvalue weighted by Gasteiger charge is 2.24. The zero-order valence-corrected chi connectivity index (χ0v) is 16.0. The van der Waals surface area contributed by atoms with Gasteiger partial charge in [0.05, 0.1) is 14.2 Å². The topological polar surface area (TPSA) is 94.8 Å². The molecule has 0 saturated heterocycles. The van der Waals surface area contributed by atoms with Crippen molar-refractivity contribution in [3.63, 3.8) is 0 Å². The minimum Gasteiger partial charge on any atom is -0.497 e. The largest absolute Gasteiger partial charge is 0.497 e. The van der Waals surface area contributed by atoms with Gasteiger partial charge in [0, 0.05) is 35.6 Å². The van der Waals surface area contributed by atoms with Crippen LogP contribution in [0.15, 0.2) is 51.7 Å². The number of hydrogen-bond donors (Lipinski definition) is 1. The van der Waals surface area contributed by atoms with Crippen LogP contribution in [0.1, 0.15) is 15.9 Å². The van der Waals surface area contributed by atoms with E-state index in [9.17, 15) is 23.2 Å². The average Bonchev–Trinajstić information content (AvgIpc) is 2.71. The van der Waals surface area contributed by atoms with Gasteiger partial charge >= 0.3 is 11.6 Å². The van der Waals surface area contributed by atoms with Crippen LogP contribution in [0.2, 0.25) is 0 Å². The number of ether oxygens (including phenoxy) is 2. The molecule has 1 amide bonds. The van der Waals surface area contributed by atoms with Crippen molar-refractivity contribution in [1.82, 2.24) is 5.32 Å². The highest BCUT2D eigenvalue weighted by atomic mass is 19.1. The molecule has 1 aromatic heterocycles. The van der Waals surface area contributed by atoms with Crippen LogP contribution in [0.4, 0.5) is 8.78 Å². The van der Waals surface area contributed by atoms with E-state index in [1.165, 1.54) is 19.2 Å². The van der Waals surface area contributed by atoms with E-state index >= 15 is 0 Å². The summed E-state index contributed by atoms with van der Waals surface area (Å²) in [5.41, 5.74) is -0.319. The molecule has 0 radical (unpaired) electrons. The Labute approximate surface area is 169 Å². The molecule has 0 aliphatic carbocycles. The van der Waals surface area contributed by atoms with E-state index < -0.39 is 35.2 Å². The summed E-state index contributed by atoms with van der Waals surface area (Å²) in [6.45, 7) is 0. The number of hydrogen-bond acceptors (Lipinski definition) is 6. The summed E-state index contributed by atoms with van der Waals surface area (Å²) in [5.74, 6) is -3.08. The molecular weight excluding hydrogens is 400 g/mol. The molecule has 0 aliphatic heterocycles. The highest BCUT2D eigenvalue weighted by Crippen LogP contribution is 2.23. The Morgan fingerprint density at radius 3 is 2.40 bits per heavy atom. The van der Waals surface area contributed by atoms with Gasteiger partial charge in [0.2, 0.25) is 0 Å². The Bertz CT molecular complexity index is 1150. The average molecular weight is 417 g/mol. The van der Waals surface area contributed by atoms with Gasteiger partial charge in [-0.2, -0.15) is 0 Å². The van der Waals surface area contributed by atoms with E-state index in [-0.39, 0.29) is 17.6 Å². The Hall–Kier alpha value is -3.75. The minimum absolute atomic E-state index is 0.120. The number of benzene rings is 2. The first-order valence-electron chi connectivity index (χ1n) is 8.76. The lowest BCUT2D eigenvalue weighted by molar-refractivity contribution is -0.142. The third-order valence-electron chi connectivity index (χ3n) is 4.38. The van der Waals surface area contributed by atoms with Crippen molar-refractivity contribution >= 4 is 22.8 Å². The zero-order valence-electron chi connectivity index (χ0n) is 16.0. The zero-order chi connectivity index (χ0) is 21.8. The molecule has 1 heterocycles. The Kier molecular flexibility index (Phi) is 6.10. The molecule has 0 bridgehead atoms. The number of amides is 1. The van der Waals surface area contributed by atoms with E-state index in [4.69, 9.17) is 13.9 Å². The summed E-state index contributed by atoms with van der Waals surface area (Å²) in [5, 5.41) is 2.91. The lowest BCUT2D eigenvalue weighted by atomic mass is 10.0. The summed E-state index contributed by atoms with van der Waals surface area (Å²) >= 11 is 0. The van der Waals surface area contributed by atoms with Crippen molar-refractivity contribution in [3.05, 3.63) is 75.6 Å². The summed E-state index contributed by atoms with van der Waals surface area (Å²) < 4.78 is 41.8. The van der Waals surface area contributed by atoms with Crippen LogP contribution in [-0.4, -0.2) is 32.1 Å². The van der Waals surface area contributed by atoms with Gasteiger partial charge in [0.1, 0.15) is 29.0 Å². The normalized spacial score (nSPS) is 11.7. The van der Waals surface area contributed by atoms with Crippen molar-refractivity contribution in [1.29, 1.82) is 0 Å². The van der Waals surface area contributed by atoms with E-state index in [0.717, 1.165) is 19.2 Å². The fourth-order valence-corrected chi connectivity index (χ4v) is 2.99. The predicted molar refractivity (Wildman–Crippen MR) is 102 cm³/mol. The first-order chi connectivity index (χ1) is 14.3. The third-order valence-corrected chi connectivity index (χ3v) is 4.38. The molecule has 0 fully saturated rings. The molecule has 1 N–H and O–H groups in total. The van der Waals surface area contributed by atoms with Crippen molar-refractivity contribution in [2.24, 2.45) is 0 Å². The Morgan fingerprint density at radius 1 is 1.07 bits per heavy atom. The van der Waals surface area contributed by atoms with Gasteiger partial charge in [-0.05, 0) is 29.8 Å². The van der Waals surface area contributed by atoms with Crippen LogP contribution >= 0.6 is 0 Å². The van der Waals surface area contributed by atoms with Gasteiger partial charge in [-0.3, -0.25) is 4.79 Å². The van der Waals surface area contributed by atoms with Gasteiger partial charge in [-0.1, -0.05) is 0 Å². The molecule has 3 aromatic rings. The van der Waals surface area contributed by atoms with Gasteiger partial charge < -0.3 is 19.2 Å². The molecule has 1 atom stereocenters. The standard InChI is InChI=1S/C21H17F2NO6/c1-28-15-3-4-16-11(8-19(25)30-18(16)10-15)7-17(21(27)29-2)24-20(26)12-5-13(22)9-14(23)6-12/h3-6,8-10,17H,7H2,1-2H3,(H,24,26)/t17-/m0/s1. The quantitative estimate of drug-likeness (QED) is 0.489. The summed E-state index contributed by atoms with van der Waals surface area (Å²) in [7, 11) is 2.59. The van der Waals surface area contributed by atoms with E-state index in [1.807, 2.05) is 0 Å². The molecule has 3 rings (SSSR count). The maximum Gasteiger partial charge on any atom is 0.336 e. The van der Waals surface area contributed by atoms with Crippen molar-refractivity contribution in [2.45, 2.75) is 12.5 Å². The predicted octanol–water partition coefficient (Wildman–Crippen LogP) is 2.59. The Morgan fingerprint density at radius 2 is 1.77 bits per heavy atom. The summed E-state index contributed by atoms with van der Waals surface area (Å²) in [6.07, 6.45) is -0.120. The molecule has 2 aromatic carbocycles. The minimum atomic E-state index is -1.22. The van der Waals surface area contributed by atoms with E-state index in [2.05, 4.69) is 5.32 Å². The SMILES string of the molecule is COC(=O)[C@H](Cc1cc(=O)oc2cc(OC)ccc12)NC(=O)c1cc(F)cc(F)c1. The van der Waals surface area contributed by atoms with Crippen molar-refractivity contribution in [3.8, 4) is 5.75 Å². The molecule has 30 heavy (non-hydrogen) atoms. The van der Waals surface area contributed by atoms with Crippen LogP contribution in [0.25, 0.3) is 11.0 Å². The lowest BCUT2D eigenvalue weighted by Gasteiger charge is -2.17. The smallest absolute Gasteiger partial charge is 0.336 e. The molecule has 0 unspecified atom stereocenters. The number of rotatable bonds is 6. The molecular formula is C21H17F2NO6.